The van der Waals surface area contributed by atoms with E-state index < -0.39 is 0 Å². The van der Waals surface area contributed by atoms with E-state index >= 15 is 0 Å². The van der Waals surface area contributed by atoms with Crippen molar-refractivity contribution < 1.29 is 4.79 Å². The lowest BCUT2D eigenvalue weighted by Gasteiger charge is -2.12. The number of hydrogen-bond donors (Lipinski definition) is 1. The summed E-state index contributed by atoms with van der Waals surface area (Å²) in [4.78, 5) is 12.4. The predicted octanol–water partition coefficient (Wildman–Crippen LogP) is 5.84. The molecule has 4 heteroatoms. The molecule has 3 rings (SSSR count). The van der Waals surface area contributed by atoms with Crippen LogP contribution in [0.4, 0.5) is 5.69 Å². The first kappa shape index (κ1) is 16.6. The number of nitrogens with one attached hydrogen (secondary N) is 1. The molecule has 0 unspecified atom stereocenters. The van der Waals surface area contributed by atoms with Gasteiger partial charge in [-0.2, -0.15) is 0 Å². The van der Waals surface area contributed by atoms with Crippen molar-refractivity contribution in [1.29, 1.82) is 0 Å². The monoisotopic (exact) mass is 355 g/mol. The quantitative estimate of drug-likeness (QED) is 0.625. The Labute approximate surface area is 151 Å². The summed E-state index contributed by atoms with van der Waals surface area (Å²) in [6.45, 7) is 0. The van der Waals surface area contributed by atoms with Crippen molar-refractivity contribution in [1.82, 2.24) is 0 Å². The van der Waals surface area contributed by atoms with Crippen LogP contribution in [0.5, 0.6) is 0 Å². The molecular formula is C20H15Cl2NO. The van der Waals surface area contributed by atoms with Gasteiger partial charge in [0.25, 0.3) is 0 Å². The number of anilines is 1. The fourth-order valence-corrected chi connectivity index (χ4v) is 2.97. The van der Waals surface area contributed by atoms with Gasteiger partial charge in [-0.15, -0.1) is 0 Å². The minimum Gasteiger partial charge on any atom is -0.325 e. The summed E-state index contributed by atoms with van der Waals surface area (Å²) in [6.07, 6.45) is 0.194. The maximum absolute atomic E-state index is 12.4. The van der Waals surface area contributed by atoms with Gasteiger partial charge in [-0.1, -0.05) is 77.8 Å². The van der Waals surface area contributed by atoms with E-state index in [0.717, 1.165) is 22.4 Å². The summed E-state index contributed by atoms with van der Waals surface area (Å²) >= 11 is 12.0. The first-order valence-electron chi connectivity index (χ1n) is 7.52. The van der Waals surface area contributed by atoms with Gasteiger partial charge < -0.3 is 5.32 Å². The van der Waals surface area contributed by atoms with Gasteiger partial charge in [-0.25, -0.2) is 0 Å². The standard InChI is InChI=1S/C20H15Cl2NO/c21-16-11-10-15(18(22)13-16)12-20(24)23-19-9-5-4-8-17(19)14-6-2-1-3-7-14/h1-11,13H,12H2,(H,23,24). The van der Waals surface area contributed by atoms with Crippen molar-refractivity contribution in [2.75, 3.05) is 5.32 Å². The van der Waals surface area contributed by atoms with Gasteiger partial charge in [-0.05, 0) is 29.3 Å². The molecule has 0 saturated carbocycles. The minimum atomic E-state index is -0.123. The molecule has 0 fully saturated rings. The maximum atomic E-state index is 12.4. The van der Waals surface area contributed by atoms with E-state index in [1.54, 1.807) is 18.2 Å². The Kier molecular flexibility index (Phi) is 5.19. The summed E-state index contributed by atoms with van der Waals surface area (Å²) in [5.41, 5.74) is 3.56. The first-order valence-corrected chi connectivity index (χ1v) is 8.27. The molecule has 0 aliphatic rings. The van der Waals surface area contributed by atoms with Crippen LogP contribution in [-0.4, -0.2) is 5.91 Å². The molecule has 0 spiro atoms. The lowest BCUT2D eigenvalue weighted by atomic mass is 10.0. The van der Waals surface area contributed by atoms with E-state index in [1.165, 1.54) is 0 Å². The van der Waals surface area contributed by atoms with E-state index in [2.05, 4.69) is 5.32 Å². The Morgan fingerprint density at radius 1 is 0.875 bits per heavy atom. The summed E-state index contributed by atoms with van der Waals surface area (Å²) in [7, 11) is 0. The highest BCUT2D eigenvalue weighted by Gasteiger charge is 2.11. The third-order valence-corrected chi connectivity index (χ3v) is 4.24. The molecule has 0 aliphatic heterocycles. The zero-order chi connectivity index (χ0) is 16.9. The molecule has 1 N–H and O–H groups in total. The second-order valence-corrected chi connectivity index (χ2v) is 6.22. The third kappa shape index (κ3) is 3.97. The number of carbonyl (C=O) groups excluding carboxylic acids is 1. The Morgan fingerprint density at radius 3 is 2.33 bits per heavy atom. The van der Waals surface area contributed by atoms with Crippen LogP contribution in [-0.2, 0) is 11.2 Å². The molecular weight excluding hydrogens is 341 g/mol. The minimum absolute atomic E-state index is 0.123. The van der Waals surface area contributed by atoms with Gasteiger partial charge in [0.2, 0.25) is 5.91 Å². The molecule has 0 bridgehead atoms. The van der Waals surface area contributed by atoms with Crippen molar-refractivity contribution in [2.24, 2.45) is 0 Å². The van der Waals surface area contributed by atoms with Crippen LogP contribution in [0.3, 0.4) is 0 Å². The molecule has 1 amide bonds. The smallest absolute Gasteiger partial charge is 0.228 e. The molecule has 24 heavy (non-hydrogen) atoms. The summed E-state index contributed by atoms with van der Waals surface area (Å²) in [5, 5.41) is 4.02. The number of carbonyl (C=O) groups is 1. The molecule has 0 saturated heterocycles. The Balaban J connectivity index is 1.80. The van der Waals surface area contributed by atoms with Crippen LogP contribution in [0.1, 0.15) is 5.56 Å². The number of rotatable bonds is 4. The zero-order valence-corrected chi connectivity index (χ0v) is 14.3. The number of hydrogen-bond acceptors (Lipinski definition) is 1. The summed E-state index contributed by atoms with van der Waals surface area (Å²) < 4.78 is 0. The van der Waals surface area contributed by atoms with Crippen molar-refractivity contribution in [3.05, 3.63) is 88.4 Å². The van der Waals surface area contributed by atoms with E-state index in [4.69, 9.17) is 23.2 Å². The molecule has 3 aromatic rings. The molecule has 0 radical (unpaired) electrons. The van der Waals surface area contributed by atoms with E-state index in [9.17, 15) is 4.79 Å². The molecule has 2 nitrogen and oxygen atoms in total. The fourth-order valence-electron chi connectivity index (χ4n) is 2.49. The van der Waals surface area contributed by atoms with Crippen LogP contribution in [0.2, 0.25) is 10.0 Å². The Hall–Kier alpha value is -2.29. The van der Waals surface area contributed by atoms with Crippen LogP contribution < -0.4 is 5.32 Å². The van der Waals surface area contributed by atoms with Gasteiger partial charge in [-0.3, -0.25) is 4.79 Å². The number of amides is 1. The van der Waals surface area contributed by atoms with Gasteiger partial charge >= 0.3 is 0 Å². The fraction of sp³-hybridized carbons (Fsp3) is 0.0500. The summed E-state index contributed by atoms with van der Waals surface area (Å²) in [6, 6.07) is 22.8. The van der Waals surface area contributed by atoms with Crippen LogP contribution in [0.15, 0.2) is 72.8 Å². The Morgan fingerprint density at radius 2 is 1.58 bits per heavy atom. The third-order valence-electron chi connectivity index (χ3n) is 3.65. The number of halogens is 2. The van der Waals surface area contributed by atoms with E-state index in [-0.39, 0.29) is 12.3 Å². The van der Waals surface area contributed by atoms with Gasteiger partial charge in [0.15, 0.2) is 0 Å². The molecule has 0 heterocycles. The van der Waals surface area contributed by atoms with Crippen molar-refractivity contribution in [2.45, 2.75) is 6.42 Å². The summed E-state index contributed by atoms with van der Waals surface area (Å²) in [5.74, 6) is -0.123. The SMILES string of the molecule is O=C(Cc1ccc(Cl)cc1Cl)Nc1ccccc1-c1ccccc1. The van der Waals surface area contributed by atoms with Crippen molar-refractivity contribution in [3.63, 3.8) is 0 Å². The second-order valence-electron chi connectivity index (χ2n) is 5.37. The maximum Gasteiger partial charge on any atom is 0.228 e. The highest BCUT2D eigenvalue weighted by atomic mass is 35.5. The lowest BCUT2D eigenvalue weighted by Crippen LogP contribution is -2.15. The van der Waals surface area contributed by atoms with E-state index in [0.29, 0.717) is 10.0 Å². The topological polar surface area (TPSA) is 29.1 Å². The van der Waals surface area contributed by atoms with Crippen LogP contribution >= 0.6 is 23.2 Å². The van der Waals surface area contributed by atoms with Crippen molar-refractivity contribution in [3.8, 4) is 11.1 Å². The molecule has 3 aromatic carbocycles. The first-order chi connectivity index (χ1) is 11.6. The normalized spacial score (nSPS) is 10.4. The molecule has 0 atom stereocenters. The average molecular weight is 356 g/mol. The molecule has 0 aromatic heterocycles. The number of benzene rings is 3. The highest BCUT2D eigenvalue weighted by Crippen LogP contribution is 2.28. The zero-order valence-electron chi connectivity index (χ0n) is 12.8. The van der Waals surface area contributed by atoms with Gasteiger partial charge in [0.1, 0.15) is 0 Å². The van der Waals surface area contributed by atoms with Crippen molar-refractivity contribution >= 4 is 34.8 Å². The molecule has 0 aliphatic carbocycles. The van der Waals surface area contributed by atoms with Gasteiger partial charge in [0, 0.05) is 21.3 Å². The predicted molar refractivity (Wildman–Crippen MR) is 101 cm³/mol. The van der Waals surface area contributed by atoms with Crippen LogP contribution in [0.25, 0.3) is 11.1 Å². The van der Waals surface area contributed by atoms with Crippen LogP contribution in [0, 0.1) is 0 Å². The van der Waals surface area contributed by atoms with Gasteiger partial charge in [0.05, 0.1) is 6.42 Å². The second kappa shape index (κ2) is 7.52. The Bertz CT molecular complexity index is 863. The molecule has 120 valence electrons. The van der Waals surface area contributed by atoms with E-state index in [1.807, 2.05) is 54.6 Å². The largest absolute Gasteiger partial charge is 0.325 e. The lowest BCUT2D eigenvalue weighted by molar-refractivity contribution is -0.115. The number of para-hydroxylation sites is 1. The average Bonchev–Trinajstić information content (AvgIpc) is 2.59. The highest BCUT2D eigenvalue weighted by molar-refractivity contribution is 6.35.